The van der Waals surface area contributed by atoms with Gasteiger partial charge in [-0.2, -0.15) is 0 Å². The normalized spacial score (nSPS) is 33.0. The van der Waals surface area contributed by atoms with Crippen molar-refractivity contribution in [1.82, 2.24) is 0 Å². The second-order valence-electron chi connectivity index (χ2n) is 1.92. The van der Waals surface area contributed by atoms with Gasteiger partial charge in [0.25, 0.3) is 0 Å². The molecule has 0 amide bonds. The number of hydrogen-bond acceptors (Lipinski definition) is 0. The molecule has 0 N–H and O–H groups in total. The first-order chi connectivity index (χ1) is 4.35. The van der Waals surface area contributed by atoms with Crippen LogP contribution in [0.25, 0.3) is 0 Å². The molecule has 0 nitrogen and oxygen atoms in total. The van der Waals surface area contributed by atoms with Crippen molar-refractivity contribution in [1.29, 1.82) is 0 Å². The fourth-order valence-corrected chi connectivity index (χ4v) is 13.2. The van der Waals surface area contributed by atoms with Gasteiger partial charge in [-0.15, -0.1) is 0 Å². The molecule has 0 radical (unpaired) electrons. The molecule has 2 atom stereocenters. The van der Waals surface area contributed by atoms with Crippen molar-refractivity contribution < 1.29 is 0 Å². The zero-order valence-corrected chi connectivity index (χ0v) is 11.0. The molecule has 0 heterocycles. The molecule has 2 unspecified atom stereocenters. The Kier molecular flexibility index (Phi) is 3.52. The van der Waals surface area contributed by atoms with Gasteiger partial charge >= 0.3 is 76.8 Å². The van der Waals surface area contributed by atoms with Crippen LogP contribution in [-0.4, -0.2) is 44.9 Å². The number of hydrogen-bond donors (Lipinski definition) is 0. The van der Waals surface area contributed by atoms with Gasteiger partial charge in [-0.05, 0) is 0 Å². The van der Waals surface area contributed by atoms with E-state index in [-0.39, 0.29) is 0 Å². The molecule has 0 aromatic rings. The van der Waals surface area contributed by atoms with Crippen LogP contribution in [0.15, 0.2) is 0 Å². The van der Waals surface area contributed by atoms with Crippen molar-refractivity contribution in [3.8, 4) is 0 Å². The van der Waals surface area contributed by atoms with Crippen LogP contribution in [0.1, 0.15) is 0 Å². The topological polar surface area (TPSA) is 0 Å². The molecule has 0 aliphatic heterocycles. The van der Waals surface area contributed by atoms with Gasteiger partial charge in [0, 0.05) is 0 Å². The summed E-state index contributed by atoms with van der Waals surface area (Å²) in [5.74, 6) is 7.14. The van der Waals surface area contributed by atoms with Gasteiger partial charge in [0.1, 0.15) is 0 Å². The summed E-state index contributed by atoms with van der Waals surface area (Å²) in [7, 11) is 0. The molecule has 52 valence electrons. The van der Waals surface area contributed by atoms with Crippen LogP contribution in [0, 0.1) is 4.82 Å². The quantitative estimate of drug-likeness (QED) is 0.544. The summed E-state index contributed by atoms with van der Waals surface area (Å²) in [5.41, 5.74) is 0. The Morgan fingerprint density at radius 2 is 1.44 bits per heavy atom. The molecule has 1 fully saturated rings. The standard InChI is InChI=1S/C6H11Se3/c1-7-4-5(8-2)6(4)9-3/h4-5H,1-3H3/q+1. The van der Waals surface area contributed by atoms with Crippen molar-refractivity contribution in [2.75, 3.05) is 0 Å². The molecular weight excluding hydrogens is 309 g/mol. The third-order valence-electron chi connectivity index (χ3n) is 1.47. The van der Waals surface area contributed by atoms with Crippen molar-refractivity contribution in [3.05, 3.63) is 4.82 Å². The van der Waals surface area contributed by atoms with Crippen LogP contribution < -0.4 is 0 Å². The summed E-state index contributed by atoms with van der Waals surface area (Å²) in [6.45, 7) is 0. The first-order valence-corrected chi connectivity index (χ1v) is 10.8. The van der Waals surface area contributed by atoms with Crippen LogP contribution in [0.2, 0.25) is 27.1 Å². The second-order valence-corrected chi connectivity index (χ2v) is 7.87. The van der Waals surface area contributed by atoms with Crippen molar-refractivity contribution in [3.63, 3.8) is 0 Å². The summed E-state index contributed by atoms with van der Waals surface area (Å²) in [5, 5.41) is 0. The predicted molar refractivity (Wildman–Crippen MR) is 45.6 cm³/mol. The molecule has 1 rings (SSSR count). The van der Waals surface area contributed by atoms with E-state index in [4.69, 9.17) is 0 Å². The third-order valence-corrected chi connectivity index (χ3v) is 10.2. The first kappa shape index (κ1) is 8.52. The molecular formula is C6H11Se3+. The van der Waals surface area contributed by atoms with E-state index in [0.717, 1.165) is 54.5 Å². The fraction of sp³-hybridized carbons (Fsp3) is 0.833. The Labute approximate surface area is 76.4 Å². The molecule has 0 aromatic carbocycles. The monoisotopic (exact) mass is 323 g/mol. The third kappa shape index (κ3) is 1.71. The molecule has 0 saturated heterocycles. The van der Waals surface area contributed by atoms with E-state index in [0.29, 0.717) is 0 Å². The van der Waals surface area contributed by atoms with Crippen molar-refractivity contribution >= 4 is 44.9 Å². The summed E-state index contributed by atoms with van der Waals surface area (Å²) in [6.07, 6.45) is 0. The average molecular weight is 320 g/mol. The van der Waals surface area contributed by atoms with Crippen LogP contribution in [0.4, 0.5) is 0 Å². The van der Waals surface area contributed by atoms with Crippen molar-refractivity contribution in [2.45, 2.75) is 27.1 Å². The molecule has 0 bridgehead atoms. The molecule has 0 spiro atoms. The van der Waals surface area contributed by atoms with Crippen LogP contribution in [0.5, 0.6) is 0 Å². The van der Waals surface area contributed by atoms with Crippen molar-refractivity contribution in [2.24, 2.45) is 0 Å². The Balaban J connectivity index is 2.26. The molecule has 0 aromatic heterocycles. The molecule has 1 aliphatic carbocycles. The van der Waals surface area contributed by atoms with Gasteiger partial charge in [0.15, 0.2) is 0 Å². The Bertz CT molecular complexity index is 69.3. The van der Waals surface area contributed by atoms with E-state index >= 15 is 0 Å². The second kappa shape index (κ2) is 3.71. The average Bonchev–Trinajstić information content (AvgIpc) is 2.59. The fourth-order valence-electron chi connectivity index (χ4n) is 0.908. The molecule has 9 heavy (non-hydrogen) atoms. The predicted octanol–water partition coefficient (Wildman–Crippen LogP) is 1.37. The van der Waals surface area contributed by atoms with E-state index < -0.39 is 0 Å². The summed E-state index contributed by atoms with van der Waals surface area (Å²) in [6, 6.07) is 0. The van der Waals surface area contributed by atoms with Crippen LogP contribution >= 0.6 is 0 Å². The van der Waals surface area contributed by atoms with Gasteiger partial charge < -0.3 is 0 Å². The maximum atomic E-state index is 2.38. The number of rotatable bonds is 3. The zero-order chi connectivity index (χ0) is 6.85. The minimum absolute atomic E-state index is 0.880. The molecule has 1 saturated carbocycles. The Morgan fingerprint density at radius 1 is 1.00 bits per heavy atom. The van der Waals surface area contributed by atoms with Crippen LogP contribution in [0.3, 0.4) is 0 Å². The van der Waals surface area contributed by atoms with Gasteiger partial charge in [0.2, 0.25) is 0 Å². The van der Waals surface area contributed by atoms with Gasteiger partial charge in [-0.3, -0.25) is 0 Å². The van der Waals surface area contributed by atoms with E-state index in [1.165, 1.54) is 0 Å². The SMILES string of the molecule is C[Se][C+]1C([Se]C)C1[Se]C. The zero-order valence-electron chi connectivity index (χ0n) is 5.88. The van der Waals surface area contributed by atoms with E-state index in [1.54, 1.807) is 0 Å². The van der Waals surface area contributed by atoms with E-state index in [1.807, 2.05) is 4.82 Å². The maximum absolute atomic E-state index is 2.38. The van der Waals surface area contributed by atoms with E-state index in [2.05, 4.69) is 17.5 Å². The van der Waals surface area contributed by atoms with Gasteiger partial charge in [-0.1, -0.05) is 0 Å². The van der Waals surface area contributed by atoms with Gasteiger partial charge in [0.05, 0.1) is 0 Å². The summed E-state index contributed by atoms with van der Waals surface area (Å²) >= 11 is 2.73. The van der Waals surface area contributed by atoms with Gasteiger partial charge in [-0.25, -0.2) is 0 Å². The summed E-state index contributed by atoms with van der Waals surface area (Å²) in [4.78, 5) is 4.22. The molecule has 3 heteroatoms. The van der Waals surface area contributed by atoms with Crippen LogP contribution in [-0.2, 0) is 0 Å². The molecule has 1 aliphatic rings. The first-order valence-electron chi connectivity index (χ1n) is 2.81. The Morgan fingerprint density at radius 3 is 1.56 bits per heavy atom. The Hall–Kier alpha value is 1.43. The minimum atomic E-state index is 0.880. The van der Waals surface area contributed by atoms with E-state index in [9.17, 15) is 0 Å². The summed E-state index contributed by atoms with van der Waals surface area (Å²) < 4.78 is 0.